The van der Waals surface area contributed by atoms with Gasteiger partial charge in [0.05, 0.1) is 19.2 Å². The van der Waals surface area contributed by atoms with Crippen LogP contribution < -0.4 is 21.1 Å². The maximum Gasteiger partial charge on any atom is 0.243 e. The third kappa shape index (κ3) is 6.07. The monoisotopic (exact) mass is 495 g/mol. The zero-order valence-electron chi connectivity index (χ0n) is 21.2. The third-order valence-corrected chi connectivity index (χ3v) is 6.97. The minimum absolute atomic E-state index is 0.0868. The Hall–Kier alpha value is -3.33. The van der Waals surface area contributed by atoms with Crippen LogP contribution in [0.2, 0.25) is 0 Å². The van der Waals surface area contributed by atoms with E-state index in [4.69, 9.17) is 10.5 Å². The number of benzene rings is 1. The molecule has 0 saturated carbocycles. The molecule has 4 rings (SSSR count). The Bertz CT molecular complexity index is 1080. The fourth-order valence-corrected chi connectivity index (χ4v) is 5.17. The zero-order chi connectivity index (χ0) is 25.7. The van der Waals surface area contributed by atoms with Gasteiger partial charge in [-0.1, -0.05) is 32.0 Å². The Morgan fingerprint density at radius 3 is 2.67 bits per heavy atom. The Balaban J connectivity index is 1.26. The number of ether oxygens (including phenoxy) is 1. The van der Waals surface area contributed by atoms with Gasteiger partial charge >= 0.3 is 0 Å². The predicted molar refractivity (Wildman–Crippen MR) is 136 cm³/mol. The number of nitrogens with zero attached hydrogens (tertiary/aromatic N) is 2. The molecule has 4 N–H and O–H groups in total. The number of nitrogens with one attached hydrogen (secondary N) is 2. The van der Waals surface area contributed by atoms with Crippen LogP contribution >= 0.6 is 0 Å². The Morgan fingerprint density at radius 2 is 1.92 bits per heavy atom. The summed E-state index contributed by atoms with van der Waals surface area (Å²) in [5, 5.41) is 5.86. The fraction of sp³-hybridized carbons (Fsp3) is 0.519. The van der Waals surface area contributed by atoms with Gasteiger partial charge < -0.3 is 30.6 Å². The second kappa shape index (κ2) is 11.2. The molecule has 3 amide bonds. The van der Waals surface area contributed by atoms with Crippen LogP contribution in [0, 0.1) is 5.41 Å². The maximum absolute atomic E-state index is 13.3. The highest BCUT2D eigenvalue weighted by Crippen LogP contribution is 2.35. The van der Waals surface area contributed by atoms with E-state index in [0.717, 1.165) is 30.1 Å². The number of para-hydroxylation sites is 1. The highest BCUT2D eigenvalue weighted by molar-refractivity contribution is 5.91. The number of carbonyl (C=O) groups is 3. The van der Waals surface area contributed by atoms with Crippen molar-refractivity contribution in [3.05, 3.63) is 53.9 Å². The standard InChI is InChI=1S/C27H37N5O4/c1-27(2)15-23(26(35)30-21-12-13-31-19(16-28)10-11-22(21)31)32(18-27)25(34)17-29-24(33)9-6-14-36-20-7-4-3-5-8-20/h3-5,7-8,10-11,21,23H,6,9,12-18,28H2,1-2H3,(H,29,33)(H,30,35)/t21-,23+/m1/s1. The third-order valence-electron chi connectivity index (χ3n) is 6.97. The average Bonchev–Trinajstić information content (AvgIpc) is 3.54. The molecule has 3 heterocycles. The number of hydrogen-bond donors (Lipinski definition) is 3. The highest BCUT2D eigenvalue weighted by Gasteiger charge is 2.44. The first-order chi connectivity index (χ1) is 17.3. The number of fused-ring (bicyclic) bond motifs is 1. The van der Waals surface area contributed by atoms with Crippen molar-refractivity contribution in [1.82, 2.24) is 20.1 Å². The maximum atomic E-state index is 13.3. The smallest absolute Gasteiger partial charge is 0.243 e. The molecule has 9 heteroatoms. The Kier molecular flexibility index (Phi) is 7.98. The van der Waals surface area contributed by atoms with E-state index in [0.29, 0.717) is 32.5 Å². The summed E-state index contributed by atoms with van der Waals surface area (Å²) in [7, 11) is 0. The molecule has 2 aromatic rings. The molecular weight excluding hydrogens is 458 g/mol. The molecule has 0 spiro atoms. The number of likely N-dealkylation sites (tertiary alicyclic amines) is 1. The van der Waals surface area contributed by atoms with E-state index in [-0.39, 0.29) is 42.1 Å². The van der Waals surface area contributed by atoms with E-state index >= 15 is 0 Å². The van der Waals surface area contributed by atoms with Crippen molar-refractivity contribution in [1.29, 1.82) is 0 Å². The van der Waals surface area contributed by atoms with Crippen LogP contribution in [0.25, 0.3) is 0 Å². The lowest BCUT2D eigenvalue weighted by molar-refractivity contribution is -0.139. The topological polar surface area (TPSA) is 119 Å². The summed E-state index contributed by atoms with van der Waals surface area (Å²) >= 11 is 0. The van der Waals surface area contributed by atoms with Gasteiger partial charge in [-0.3, -0.25) is 14.4 Å². The van der Waals surface area contributed by atoms with E-state index in [1.807, 2.05) is 42.5 Å². The van der Waals surface area contributed by atoms with Gasteiger partial charge in [0.25, 0.3) is 0 Å². The number of rotatable bonds is 10. The number of hydrogen-bond acceptors (Lipinski definition) is 5. The second-order valence-corrected chi connectivity index (χ2v) is 10.4. The van der Waals surface area contributed by atoms with Crippen molar-refractivity contribution in [2.45, 2.75) is 64.7 Å². The molecule has 2 aliphatic rings. The van der Waals surface area contributed by atoms with Gasteiger partial charge in [-0.05, 0) is 48.9 Å². The highest BCUT2D eigenvalue weighted by atomic mass is 16.5. The lowest BCUT2D eigenvalue weighted by Gasteiger charge is -2.25. The minimum atomic E-state index is -0.554. The molecule has 1 saturated heterocycles. The van der Waals surface area contributed by atoms with Gasteiger partial charge in [0.2, 0.25) is 17.7 Å². The van der Waals surface area contributed by atoms with Gasteiger partial charge in [0.1, 0.15) is 11.8 Å². The zero-order valence-corrected chi connectivity index (χ0v) is 21.2. The number of aromatic nitrogens is 1. The van der Waals surface area contributed by atoms with E-state index in [1.54, 1.807) is 4.90 Å². The molecule has 36 heavy (non-hydrogen) atoms. The van der Waals surface area contributed by atoms with Gasteiger partial charge in [0.15, 0.2) is 0 Å². The van der Waals surface area contributed by atoms with Crippen LogP contribution in [-0.4, -0.2) is 52.9 Å². The summed E-state index contributed by atoms with van der Waals surface area (Å²) in [4.78, 5) is 40.2. The van der Waals surface area contributed by atoms with Crippen LogP contribution in [0.15, 0.2) is 42.5 Å². The molecule has 1 fully saturated rings. The molecule has 1 aromatic heterocycles. The van der Waals surface area contributed by atoms with E-state index in [2.05, 4.69) is 29.0 Å². The van der Waals surface area contributed by atoms with E-state index < -0.39 is 6.04 Å². The molecule has 2 atom stereocenters. The number of nitrogens with two attached hydrogens (primary N) is 1. The Labute approximate surface area is 212 Å². The van der Waals surface area contributed by atoms with Crippen molar-refractivity contribution in [2.75, 3.05) is 19.7 Å². The van der Waals surface area contributed by atoms with Crippen molar-refractivity contribution < 1.29 is 19.1 Å². The lowest BCUT2D eigenvalue weighted by Crippen LogP contribution is -2.49. The molecule has 2 aliphatic heterocycles. The van der Waals surface area contributed by atoms with Gasteiger partial charge in [0, 0.05) is 37.4 Å². The molecule has 0 aliphatic carbocycles. The Morgan fingerprint density at radius 1 is 1.14 bits per heavy atom. The molecule has 0 bridgehead atoms. The second-order valence-electron chi connectivity index (χ2n) is 10.4. The summed E-state index contributed by atoms with van der Waals surface area (Å²) in [5.74, 6) is 0.170. The molecule has 9 nitrogen and oxygen atoms in total. The molecule has 0 radical (unpaired) electrons. The summed E-state index contributed by atoms with van der Waals surface area (Å²) in [6.07, 6.45) is 2.20. The summed E-state index contributed by atoms with van der Waals surface area (Å²) in [6.45, 7) is 6.17. The average molecular weight is 496 g/mol. The molecule has 1 aromatic carbocycles. The predicted octanol–water partition coefficient (Wildman–Crippen LogP) is 2.11. The molecular formula is C27H37N5O4. The van der Waals surface area contributed by atoms with Crippen LogP contribution in [0.4, 0.5) is 0 Å². The normalized spacial score (nSPS) is 20.1. The summed E-state index contributed by atoms with van der Waals surface area (Å²) in [6, 6.07) is 12.8. The molecule has 0 unspecified atom stereocenters. The van der Waals surface area contributed by atoms with Gasteiger partial charge in [-0.2, -0.15) is 0 Å². The number of amides is 3. The quantitative estimate of drug-likeness (QED) is 0.436. The lowest BCUT2D eigenvalue weighted by atomic mass is 9.90. The molecule has 194 valence electrons. The van der Waals surface area contributed by atoms with E-state index in [9.17, 15) is 14.4 Å². The summed E-state index contributed by atoms with van der Waals surface area (Å²) in [5.41, 5.74) is 7.75. The largest absolute Gasteiger partial charge is 0.494 e. The van der Waals surface area contributed by atoms with Crippen molar-refractivity contribution >= 4 is 17.7 Å². The SMILES string of the molecule is CC1(C)C[C@@H](C(=O)N[C@@H]2CCn3c(CN)ccc32)N(C(=O)CNC(=O)CCCOc2ccccc2)C1. The first-order valence-electron chi connectivity index (χ1n) is 12.7. The van der Waals surface area contributed by atoms with Crippen molar-refractivity contribution in [2.24, 2.45) is 11.1 Å². The minimum Gasteiger partial charge on any atom is -0.494 e. The number of carbonyl (C=O) groups excluding carboxylic acids is 3. The first-order valence-corrected chi connectivity index (χ1v) is 12.7. The van der Waals surface area contributed by atoms with Crippen LogP contribution in [0.1, 0.15) is 57.0 Å². The van der Waals surface area contributed by atoms with Crippen LogP contribution in [0.5, 0.6) is 5.75 Å². The van der Waals surface area contributed by atoms with Crippen molar-refractivity contribution in [3.8, 4) is 5.75 Å². The summed E-state index contributed by atoms with van der Waals surface area (Å²) < 4.78 is 7.76. The van der Waals surface area contributed by atoms with Crippen molar-refractivity contribution in [3.63, 3.8) is 0 Å². The van der Waals surface area contributed by atoms with E-state index in [1.165, 1.54) is 0 Å². The van der Waals surface area contributed by atoms with Gasteiger partial charge in [-0.25, -0.2) is 0 Å². The van der Waals surface area contributed by atoms with Crippen LogP contribution in [-0.2, 0) is 27.5 Å². The first kappa shape index (κ1) is 25.8. The van der Waals surface area contributed by atoms with Crippen LogP contribution in [0.3, 0.4) is 0 Å². The fourth-order valence-electron chi connectivity index (χ4n) is 5.17. The van der Waals surface area contributed by atoms with Gasteiger partial charge in [-0.15, -0.1) is 0 Å².